The molecule has 0 aliphatic heterocycles. The number of rotatable bonds is 5. The van der Waals surface area contributed by atoms with E-state index in [-0.39, 0.29) is 11.6 Å². The summed E-state index contributed by atoms with van der Waals surface area (Å²) in [7, 11) is 0. The first-order valence-corrected chi connectivity index (χ1v) is 9.74. The summed E-state index contributed by atoms with van der Waals surface area (Å²) >= 11 is 5.86. The van der Waals surface area contributed by atoms with Crippen LogP contribution >= 0.6 is 11.6 Å². The van der Waals surface area contributed by atoms with Crippen molar-refractivity contribution in [3.8, 4) is 5.88 Å². The van der Waals surface area contributed by atoms with Crippen LogP contribution in [-0.2, 0) is 0 Å². The van der Waals surface area contributed by atoms with Crippen molar-refractivity contribution in [2.45, 2.75) is 12.8 Å². The lowest BCUT2D eigenvalue weighted by molar-refractivity contribution is 0.454. The molecule has 30 heavy (non-hydrogen) atoms. The number of aromatic amines is 2. The van der Waals surface area contributed by atoms with Gasteiger partial charge >= 0.3 is 5.69 Å². The van der Waals surface area contributed by atoms with Crippen LogP contribution in [0.25, 0.3) is 11.7 Å². The molecule has 1 aliphatic carbocycles. The van der Waals surface area contributed by atoms with Crippen LogP contribution in [-0.4, -0.2) is 41.2 Å². The second-order valence-corrected chi connectivity index (χ2v) is 7.49. The summed E-state index contributed by atoms with van der Waals surface area (Å²) in [6.07, 6.45) is 7.20. The van der Waals surface area contributed by atoms with E-state index in [0.29, 0.717) is 33.2 Å². The number of anilines is 2. The molecule has 0 amide bonds. The molecule has 5 rings (SSSR count). The summed E-state index contributed by atoms with van der Waals surface area (Å²) in [6, 6.07) is 5.30. The third-order valence-electron chi connectivity index (χ3n) is 4.72. The molecular weight excluding hydrogens is 408 g/mol. The third-order valence-corrected chi connectivity index (χ3v) is 4.95. The van der Waals surface area contributed by atoms with Crippen LogP contribution < -0.4 is 21.7 Å². The number of hydrogen-bond donors (Lipinski definition) is 4. The Balaban J connectivity index is 1.64. The molecule has 0 spiro atoms. The maximum Gasteiger partial charge on any atom is 0.326 e. The minimum atomic E-state index is -0.499. The van der Waals surface area contributed by atoms with Gasteiger partial charge in [-0.2, -0.15) is 9.61 Å². The highest BCUT2D eigenvalue weighted by molar-refractivity contribution is 6.29. The van der Waals surface area contributed by atoms with Crippen LogP contribution in [0.5, 0.6) is 5.88 Å². The summed E-state index contributed by atoms with van der Waals surface area (Å²) in [4.78, 5) is 29.7. The molecule has 1 saturated carbocycles. The zero-order valence-corrected chi connectivity index (χ0v) is 16.4. The average molecular weight is 425 g/mol. The van der Waals surface area contributed by atoms with Crippen molar-refractivity contribution in [3.05, 3.63) is 62.6 Å². The molecule has 1 aliphatic rings. The predicted molar refractivity (Wildman–Crippen MR) is 111 cm³/mol. The first kappa shape index (κ1) is 18.4. The van der Waals surface area contributed by atoms with Gasteiger partial charge in [0.25, 0.3) is 0 Å². The molecule has 1 fully saturated rings. The molecule has 10 nitrogen and oxygen atoms in total. The minimum Gasteiger partial charge on any atom is -0.493 e. The van der Waals surface area contributed by atoms with E-state index in [2.05, 4.69) is 30.4 Å². The standard InChI is InChI=1S/C19H17ClN8O2/c20-14-4-3-12(9-21-14)24-15-6-16(22-7-10-1-2-10)28-17(26-15)11(8-23-28)5-13-18(29)27-19(30)25-13/h3-6,8-10,24,29H,1-2,7H2,(H2,25,27,30)/b11-5+,22-16?. The number of hydrogen-bond acceptors (Lipinski definition) is 7. The molecule has 4 aromatic heterocycles. The van der Waals surface area contributed by atoms with E-state index in [0.717, 1.165) is 12.2 Å². The predicted octanol–water partition coefficient (Wildman–Crippen LogP) is 1.10. The number of halogens is 1. The summed E-state index contributed by atoms with van der Waals surface area (Å²) in [5.74, 6) is 0.927. The Morgan fingerprint density at radius 1 is 1.33 bits per heavy atom. The van der Waals surface area contributed by atoms with Crippen molar-refractivity contribution in [1.82, 2.24) is 29.5 Å². The van der Waals surface area contributed by atoms with E-state index in [4.69, 9.17) is 16.6 Å². The van der Waals surface area contributed by atoms with Crippen molar-refractivity contribution in [1.29, 1.82) is 0 Å². The van der Waals surface area contributed by atoms with E-state index >= 15 is 0 Å². The molecule has 152 valence electrons. The summed E-state index contributed by atoms with van der Waals surface area (Å²) < 4.78 is 1.64. The van der Waals surface area contributed by atoms with Crippen LogP contribution in [0.2, 0.25) is 5.15 Å². The van der Waals surface area contributed by atoms with Gasteiger partial charge in [0, 0.05) is 17.8 Å². The minimum absolute atomic E-state index is 0.244. The Morgan fingerprint density at radius 3 is 2.90 bits per heavy atom. The van der Waals surface area contributed by atoms with Gasteiger partial charge in [0.1, 0.15) is 16.7 Å². The molecule has 0 radical (unpaired) electrons. The van der Waals surface area contributed by atoms with Crippen molar-refractivity contribution >= 4 is 34.8 Å². The fourth-order valence-corrected chi connectivity index (χ4v) is 3.12. The van der Waals surface area contributed by atoms with Gasteiger partial charge in [-0.25, -0.2) is 14.8 Å². The molecule has 0 saturated heterocycles. The van der Waals surface area contributed by atoms with E-state index in [1.807, 2.05) is 6.07 Å². The lowest BCUT2D eigenvalue weighted by Crippen LogP contribution is -2.20. The second-order valence-electron chi connectivity index (χ2n) is 7.10. The van der Waals surface area contributed by atoms with E-state index < -0.39 is 5.69 Å². The van der Waals surface area contributed by atoms with Crippen molar-refractivity contribution in [2.24, 2.45) is 10.9 Å². The number of aromatic hydroxyl groups is 1. The molecule has 0 bridgehead atoms. The Labute approximate surface area is 174 Å². The zero-order valence-electron chi connectivity index (χ0n) is 15.6. The van der Waals surface area contributed by atoms with E-state index in [9.17, 15) is 9.90 Å². The Bertz CT molecular complexity index is 1400. The van der Waals surface area contributed by atoms with Gasteiger partial charge in [-0.05, 0) is 37.0 Å². The van der Waals surface area contributed by atoms with Gasteiger partial charge in [0.05, 0.1) is 18.1 Å². The Kier molecular flexibility index (Phi) is 4.47. The number of nitrogens with one attached hydrogen (secondary N) is 3. The summed E-state index contributed by atoms with van der Waals surface area (Å²) in [6.45, 7) is 0.728. The molecule has 4 N–H and O–H groups in total. The number of fused-ring (bicyclic) bond motifs is 1. The fourth-order valence-electron chi connectivity index (χ4n) is 3.01. The molecule has 0 unspecified atom stereocenters. The maximum atomic E-state index is 11.4. The van der Waals surface area contributed by atoms with Crippen molar-refractivity contribution < 1.29 is 5.11 Å². The summed E-state index contributed by atoms with van der Waals surface area (Å²) in [5.41, 5.74) is 1.65. The average Bonchev–Trinajstić information content (AvgIpc) is 3.39. The quantitative estimate of drug-likeness (QED) is 0.354. The zero-order chi connectivity index (χ0) is 20.7. The molecule has 11 heteroatoms. The second kappa shape index (κ2) is 7.30. The van der Waals surface area contributed by atoms with Crippen LogP contribution in [0.1, 0.15) is 18.5 Å². The summed E-state index contributed by atoms with van der Waals surface area (Å²) in [5, 5.41) is 18.5. The first-order valence-electron chi connectivity index (χ1n) is 9.36. The monoisotopic (exact) mass is 424 g/mol. The van der Waals surface area contributed by atoms with Gasteiger partial charge < -0.3 is 15.4 Å². The smallest absolute Gasteiger partial charge is 0.326 e. The lowest BCUT2D eigenvalue weighted by Gasteiger charge is -2.06. The fraction of sp³-hybridized carbons (Fsp3) is 0.211. The van der Waals surface area contributed by atoms with Crippen molar-refractivity contribution in [2.75, 3.05) is 11.9 Å². The van der Waals surface area contributed by atoms with Gasteiger partial charge in [-0.3, -0.25) is 9.98 Å². The Hall–Kier alpha value is -3.66. The lowest BCUT2D eigenvalue weighted by atomic mass is 10.3. The van der Waals surface area contributed by atoms with Crippen molar-refractivity contribution in [3.63, 3.8) is 0 Å². The number of nitrogens with zero attached hydrogens (tertiary/aromatic N) is 5. The SMILES string of the molecule is O=c1[nH]c(O)c(/C=c2\cnn3c(=NCC4CC4)cc(Nc4ccc(Cl)nc4)nc23)[nH]1. The largest absolute Gasteiger partial charge is 0.493 e. The first-order chi connectivity index (χ1) is 14.5. The molecule has 0 atom stereocenters. The Morgan fingerprint density at radius 2 is 2.20 bits per heavy atom. The molecule has 4 aromatic rings. The van der Waals surface area contributed by atoms with Gasteiger partial charge in [0.2, 0.25) is 5.88 Å². The number of H-pyrrole nitrogens is 2. The highest BCUT2D eigenvalue weighted by Gasteiger charge is 2.20. The van der Waals surface area contributed by atoms with Crippen LogP contribution in [0.3, 0.4) is 0 Å². The van der Waals surface area contributed by atoms with Crippen LogP contribution in [0, 0.1) is 5.92 Å². The molecular formula is C19H17ClN8O2. The van der Waals surface area contributed by atoms with Gasteiger partial charge in [-0.15, -0.1) is 0 Å². The molecule has 4 heterocycles. The van der Waals surface area contributed by atoms with Gasteiger partial charge in [-0.1, -0.05) is 11.6 Å². The van der Waals surface area contributed by atoms with E-state index in [1.54, 1.807) is 35.1 Å². The van der Waals surface area contributed by atoms with Gasteiger partial charge in [0.15, 0.2) is 11.1 Å². The third kappa shape index (κ3) is 3.77. The number of pyridine rings is 1. The molecule has 0 aromatic carbocycles. The van der Waals surface area contributed by atoms with E-state index in [1.165, 1.54) is 12.8 Å². The van der Waals surface area contributed by atoms with Crippen LogP contribution in [0.15, 0.2) is 40.4 Å². The highest BCUT2D eigenvalue weighted by atomic mass is 35.5. The normalized spacial score (nSPS) is 15.2. The van der Waals surface area contributed by atoms with Crippen LogP contribution in [0.4, 0.5) is 11.5 Å². The topological polar surface area (TPSA) is 136 Å². The number of imidazole rings is 1. The maximum absolute atomic E-state index is 11.4. The highest BCUT2D eigenvalue weighted by Crippen LogP contribution is 2.28. The number of aromatic nitrogens is 6.